The van der Waals surface area contributed by atoms with Crippen molar-refractivity contribution < 1.29 is 14.7 Å². The molecule has 0 spiro atoms. The molecule has 0 aliphatic carbocycles. The first-order chi connectivity index (χ1) is 11.9. The van der Waals surface area contributed by atoms with Crippen molar-refractivity contribution in [3.8, 4) is 6.07 Å². The first-order valence-electron chi connectivity index (χ1n) is 8.43. The number of amides is 1. The van der Waals surface area contributed by atoms with E-state index in [1.165, 1.54) is 6.20 Å². The number of fused-ring (bicyclic) bond motifs is 1. The van der Waals surface area contributed by atoms with Crippen LogP contribution in [0, 0.1) is 17.2 Å². The number of anilines is 1. The molecule has 132 valence electrons. The number of hydrogen-bond acceptors (Lipinski definition) is 4. The molecule has 0 fully saturated rings. The Morgan fingerprint density at radius 1 is 1.40 bits per heavy atom. The summed E-state index contributed by atoms with van der Waals surface area (Å²) in [4.78, 5) is 25.6. The zero-order chi connectivity index (χ0) is 18.4. The summed E-state index contributed by atoms with van der Waals surface area (Å²) in [5.41, 5.74) is 1.80. The lowest BCUT2D eigenvalue weighted by molar-refractivity contribution is -0.139. The Bertz CT molecular complexity index is 719. The number of rotatable bonds is 6. The van der Waals surface area contributed by atoms with Crippen molar-refractivity contribution in [2.45, 2.75) is 39.2 Å². The van der Waals surface area contributed by atoms with Crippen LogP contribution in [0.25, 0.3) is 0 Å². The van der Waals surface area contributed by atoms with Crippen LogP contribution < -0.4 is 10.2 Å². The van der Waals surface area contributed by atoms with E-state index in [-0.39, 0.29) is 11.5 Å². The number of aryl methyl sites for hydroxylation is 1. The van der Waals surface area contributed by atoms with Gasteiger partial charge in [-0.25, -0.2) is 4.79 Å². The van der Waals surface area contributed by atoms with Gasteiger partial charge < -0.3 is 15.3 Å². The molecule has 1 atom stereocenters. The minimum absolute atomic E-state index is 0.0910. The zero-order valence-electron chi connectivity index (χ0n) is 14.5. The summed E-state index contributed by atoms with van der Waals surface area (Å²) in [6.07, 6.45) is 3.38. The van der Waals surface area contributed by atoms with E-state index in [1.807, 2.05) is 44.2 Å². The highest BCUT2D eigenvalue weighted by atomic mass is 16.4. The minimum Gasteiger partial charge on any atom is -0.480 e. The lowest BCUT2D eigenvalue weighted by Crippen LogP contribution is -2.38. The predicted octanol–water partition coefficient (Wildman–Crippen LogP) is 2.46. The maximum Gasteiger partial charge on any atom is 0.326 e. The van der Waals surface area contributed by atoms with Crippen LogP contribution >= 0.6 is 0 Å². The Hall–Kier alpha value is -2.81. The molecule has 0 bridgehead atoms. The van der Waals surface area contributed by atoms with Gasteiger partial charge in [0.15, 0.2) is 0 Å². The van der Waals surface area contributed by atoms with Crippen molar-refractivity contribution in [1.82, 2.24) is 5.32 Å². The molecule has 1 unspecified atom stereocenters. The molecule has 0 aromatic heterocycles. The van der Waals surface area contributed by atoms with Crippen molar-refractivity contribution >= 4 is 17.6 Å². The molecule has 1 amide bonds. The first kappa shape index (κ1) is 18.5. The van der Waals surface area contributed by atoms with Crippen molar-refractivity contribution in [2.75, 3.05) is 11.4 Å². The summed E-state index contributed by atoms with van der Waals surface area (Å²) in [7, 11) is 0. The van der Waals surface area contributed by atoms with E-state index in [9.17, 15) is 20.0 Å². The third-order valence-electron chi connectivity index (χ3n) is 4.14. The average Bonchev–Trinajstić information content (AvgIpc) is 2.60. The molecule has 1 aromatic rings. The molecule has 0 saturated heterocycles. The van der Waals surface area contributed by atoms with Crippen LogP contribution in [-0.2, 0) is 16.0 Å². The number of nitriles is 1. The second kappa shape index (κ2) is 8.34. The fourth-order valence-electron chi connectivity index (χ4n) is 2.93. The normalized spacial score (nSPS) is 15.3. The van der Waals surface area contributed by atoms with E-state index >= 15 is 0 Å². The highest BCUT2D eigenvalue weighted by molar-refractivity contribution is 6.08. The maximum atomic E-state index is 12.7. The molecule has 6 nitrogen and oxygen atoms in total. The van der Waals surface area contributed by atoms with Gasteiger partial charge in [-0.15, -0.1) is 0 Å². The van der Waals surface area contributed by atoms with E-state index in [2.05, 4.69) is 5.32 Å². The Morgan fingerprint density at radius 3 is 2.76 bits per heavy atom. The molecule has 6 heteroatoms. The third kappa shape index (κ3) is 4.60. The summed E-state index contributed by atoms with van der Waals surface area (Å²) in [5, 5.41) is 21.3. The summed E-state index contributed by atoms with van der Waals surface area (Å²) < 4.78 is 0. The topological polar surface area (TPSA) is 93.4 Å². The second-order valence-electron chi connectivity index (χ2n) is 6.55. The van der Waals surface area contributed by atoms with Gasteiger partial charge in [0.25, 0.3) is 5.91 Å². The maximum absolute atomic E-state index is 12.7. The molecule has 2 rings (SSSR count). The summed E-state index contributed by atoms with van der Waals surface area (Å²) in [6.45, 7) is 4.38. The molecule has 1 aromatic carbocycles. The number of carboxylic acid groups (broad SMARTS) is 1. The molecule has 0 radical (unpaired) electrons. The zero-order valence-corrected chi connectivity index (χ0v) is 14.5. The predicted molar refractivity (Wildman–Crippen MR) is 94.8 cm³/mol. The van der Waals surface area contributed by atoms with Crippen molar-refractivity contribution in [3.63, 3.8) is 0 Å². The highest BCUT2D eigenvalue weighted by Crippen LogP contribution is 2.27. The fraction of sp³-hybridized carbons (Fsp3) is 0.421. The minimum atomic E-state index is -1.00. The number of benzene rings is 1. The summed E-state index contributed by atoms with van der Waals surface area (Å²) >= 11 is 0. The molecule has 25 heavy (non-hydrogen) atoms. The van der Waals surface area contributed by atoms with Crippen LogP contribution in [-0.4, -0.2) is 29.6 Å². The van der Waals surface area contributed by atoms with Crippen LogP contribution in [0.4, 0.5) is 5.69 Å². The standard InChI is InChI=1S/C19H23N3O3/c1-13(2)10-16(19(24)25)21-12-15(11-20)18(23)22-9-5-7-14-6-3-4-8-17(14)22/h3-4,6,8,12-13,16,21H,5,7,9-10H2,1-2H3,(H,24,25)/b15-12-. The third-order valence-corrected chi connectivity index (χ3v) is 4.14. The van der Waals surface area contributed by atoms with Crippen LogP contribution in [0.15, 0.2) is 36.0 Å². The quantitative estimate of drug-likeness (QED) is 0.612. The number of carbonyl (C=O) groups excluding carboxylic acids is 1. The highest BCUT2D eigenvalue weighted by Gasteiger charge is 2.25. The number of hydrogen-bond donors (Lipinski definition) is 2. The van der Waals surface area contributed by atoms with Crippen LogP contribution in [0.5, 0.6) is 0 Å². The van der Waals surface area contributed by atoms with Gasteiger partial charge in [0.1, 0.15) is 17.7 Å². The number of carbonyl (C=O) groups is 2. The van der Waals surface area contributed by atoms with Crippen LogP contribution in [0.3, 0.4) is 0 Å². The molecule has 2 N–H and O–H groups in total. The molecule has 0 saturated carbocycles. The Kier molecular flexibility index (Phi) is 6.18. The van der Waals surface area contributed by atoms with Gasteiger partial charge in [-0.05, 0) is 36.8 Å². The van der Waals surface area contributed by atoms with E-state index in [0.29, 0.717) is 13.0 Å². The van der Waals surface area contributed by atoms with E-state index in [0.717, 1.165) is 24.1 Å². The fourth-order valence-corrected chi connectivity index (χ4v) is 2.93. The van der Waals surface area contributed by atoms with Crippen LogP contribution in [0.2, 0.25) is 0 Å². The lowest BCUT2D eigenvalue weighted by atomic mass is 10.0. The summed E-state index contributed by atoms with van der Waals surface area (Å²) in [6, 6.07) is 8.70. The average molecular weight is 341 g/mol. The lowest BCUT2D eigenvalue weighted by Gasteiger charge is -2.29. The first-order valence-corrected chi connectivity index (χ1v) is 8.43. The van der Waals surface area contributed by atoms with Gasteiger partial charge in [-0.3, -0.25) is 4.79 Å². The van der Waals surface area contributed by atoms with E-state index in [4.69, 9.17) is 0 Å². The van der Waals surface area contributed by atoms with Gasteiger partial charge in [-0.1, -0.05) is 32.0 Å². The Morgan fingerprint density at radius 2 is 2.12 bits per heavy atom. The molecule has 1 aliphatic rings. The van der Waals surface area contributed by atoms with Gasteiger partial charge in [0, 0.05) is 18.4 Å². The number of nitrogens with zero attached hydrogens (tertiary/aromatic N) is 2. The van der Waals surface area contributed by atoms with Gasteiger partial charge in [0.05, 0.1) is 0 Å². The molecule has 1 heterocycles. The monoisotopic (exact) mass is 341 g/mol. The van der Waals surface area contributed by atoms with Crippen molar-refractivity contribution in [1.29, 1.82) is 5.26 Å². The summed E-state index contributed by atoms with van der Waals surface area (Å²) in [5.74, 6) is -1.23. The SMILES string of the molecule is CC(C)CC(N/C=C(/C#N)C(=O)N1CCCc2ccccc21)C(=O)O. The number of nitrogens with one attached hydrogen (secondary N) is 1. The van der Waals surface area contributed by atoms with Crippen LogP contribution in [0.1, 0.15) is 32.3 Å². The van der Waals surface area contributed by atoms with Crippen molar-refractivity contribution in [2.24, 2.45) is 5.92 Å². The smallest absolute Gasteiger partial charge is 0.326 e. The van der Waals surface area contributed by atoms with Gasteiger partial charge >= 0.3 is 5.97 Å². The largest absolute Gasteiger partial charge is 0.480 e. The van der Waals surface area contributed by atoms with E-state index in [1.54, 1.807) is 4.90 Å². The Labute approximate surface area is 147 Å². The molecular formula is C19H23N3O3. The molecular weight excluding hydrogens is 318 g/mol. The van der Waals surface area contributed by atoms with Gasteiger partial charge in [-0.2, -0.15) is 5.26 Å². The Balaban J connectivity index is 2.19. The second-order valence-corrected chi connectivity index (χ2v) is 6.55. The molecule has 1 aliphatic heterocycles. The number of aliphatic carboxylic acids is 1. The van der Waals surface area contributed by atoms with Gasteiger partial charge in [0.2, 0.25) is 0 Å². The number of para-hydroxylation sites is 1. The number of carboxylic acids is 1. The van der Waals surface area contributed by atoms with Crippen molar-refractivity contribution in [3.05, 3.63) is 41.6 Å². The van der Waals surface area contributed by atoms with E-state index < -0.39 is 17.9 Å².